The highest BCUT2D eigenvalue weighted by molar-refractivity contribution is 7.89. The Labute approximate surface area is 176 Å². The van der Waals surface area contributed by atoms with Crippen molar-refractivity contribution in [2.75, 3.05) is 26.3 Å². The maximum absolute atomic E-state index is 13.1. The Bertz CT molecular complexity index is 1170. The Morgan fingerprint density at radius 2 is 1.63 bits per heavy atom. The van der Waals surface area contributed by atoms with E-state index in [0.717, 1.165) is 16.3 Å². The van der Waals surface area contributed by atoms with Gasteiger partial charge in [-0.25, -0.2) is 8.42 Å². The van der Waals surface area contributed by atoms with Crippen molar-refractivity contribution in [1.82, 2.24) is 9.62 Å². The van der Waals surface area contributed by atoms with Gasteiger partial charge in [-0.05, 0) is 35.4 Å². The van der Waals surface area contributed by atoms with Crippen molar-refractivity contribution in [3.8, 4) is 0 Å². The first-order valence-electron chi connectivity index (χ1n) is 9.94. The van der Waals surface area contributed by atoms with Crippen LogP contribution in [0.2, 0.25) is 0 Å². The summed E-state index contributed by atoms with van der Waals surface area (Å²) in [5.41, 5.74) is 1.13. The number of nitrogens with one attached hydrogen (secondary N) is 1. The van der Waals surface area contributed by atoms with Crippen molar-refractivity contribution in [2.45, 2.75) is 17.9 Å². The highest BCUT2D eigenvalue weighted by Gasteiger charge is 2.30. The molecule has 0 spiro atoms. The molecule has 3 aromatic carbocycles. The number of fused-ring (bicyclic) bond motifs is 1. The number of rotatable bonds is 5. The second-order valence-corrected chi connectivity index (χ2v) is 9.18. The summed E-state index contributed by atoms with van der Waals surface area (Å²) in [5, 5.41) is 5.12. The van der Waals surface area contributed by atoms with E-state index in [4.69, 9.17) is 4.74 Å². The van der Waals surface area contributed by atoms with Crippen molar-refractivity contribution in [3.63, 3.8) is 0 Å². The van der Waals surface area contributed by atoms with Gasteiger partial charge in [0.1, 0.15) is 0 Å². The predicted molar refractivity (Wildman–Crippen MR) is 116 cm³/mol. The molecule has 1 atom stereocenters. The summed E-state index contributed by atoms with van der Waals surface area (Å²) in [7, 11) is -3.78. The van der Waals surface area contributed by atoms with E-state index in [1.165, 1.54) is 10.4 Å². The summed E-state index contributed by atoms with van der Waals surface area (Å²) in [6.07, 6.45) is 0. The normalized spacial score (nSPS) is 16.3. The van der Waals surface area contributed by atoms with E-state index < -0.39 is 15.9 Å². The molecule has 1 unspecified atom stereocenters. The molecule has 3 aromatic rings. The third kappa shape index (κ3) is 3.96. The zero-order valence-corrected chi connectivity index (χ0v) is 17.6. The highest BCUT2D eigenvalue weighted by Crippen LogP contribution is 2.26. The number of amides is 1. The lowest BCUT2D eigenvalue weighted by atomic mass is 9.99. The number of ether oxygens (including phenoxy) is 1. The van der Waals surface area contributed by atoms with Crippen LogP contribution in [0.1, 0.15) is 28.9 Å². The van der Waals surface area contributed by atoms with Crippen LogP contribution >= 0.6 is 0 Å². The van der Waals surface area contributed by atoms with Crippen molar-refractivity contribution in [1.29, 1.82) is 0 Å². The average molecular weight is 425 g/mol. The minimum Gasteiger partial charge on any atom is -0.379 e. The molecule has 0 aliphatic carbocycles. The second kappa shape index (κ2) is 8.55. The van der Waals surface area contributed by atoms with E-state index in [1.54, 1.807) is 18.2 Å². The van der Waals surface area contributed by atoms with Crippen LogP contribution in [-0.2, 0) is 14.8 Å². The molecular weight excluding hydrogens is 400 g/mol. The van der Waals surface area contributed by atoms with E-state index in [2.05, 4.69) is 5.32 Å². The van der Waals surface area contributed by atoms with E-state index in [-0.39, 0.29) is 29.6 Å². The Kier molecular flexibility index (Phi) is 5.85. The largest absolute Gasteiger partial charge is 0.379 e. The SMILES string of the molecule is CC(NC(=O)c1ccccc1S(=O)(=O)N1CCOCC1)c1cccc2ccccc12. The van der Waals surface area contributed by atoms with Crippen LogP contribution in [0.4, 0.5) is 0 Å². The van der Waals surface area contributed by atoms with Crippen LogP contribution in [0, 0.1) is 0 Å². The Morgan fingerprint density at radius 1 is 0.967 bits per heavy atom. The third-order valence-electron chi connectivity index (χ3n) is 5.36. The predicted octanol–water partition coefficient (Wildman–Crippen LogP) is 3.35. The molecular formula is C23H24N2O4S. The molecule has 7 heteroatoms. The molecule has 1 heterocycles. The first-order chi connectivity index (χ1) is 14.5. The number of morpholine rings is 1. The highest BCUT2D eigenvalue weighted by atomic mass is 32.2. The molecule has 30 heavy (non-hydrogen) atoms. The fourth-order valence-electron chi connectivity index (χ4n) is 3.79. The van der Waals surface area contributed by atoms with E-state index in [9.17, 15) is 13.2 Å². The summed E-state index contributed by atoms with van der Waals surface area (Å²) >= 11 is 0. The van der Waals surface area contributed by atoms with Crippen LogP contribution in [0.5, 0.6) is 0 Å². The third-order valence-corrected chi connectivity index (χ3v) is 7.31. The van der Waals surface area contributed by atoms with Crippen LogP contribution in [0.15, 0.2) is 71.6 Å². The van der Waals surface area contributed by atoms with Crippen LogP contribution in [0.25, 0.3) is 10.8 Å². The lowest BCUT2D eigenvalue weighted by Crippen LogP contribution is -2.41. The molecule has 1 N–H and O–H groups in total. The van der Waals surface area contributed by atoms with Gasteiger partial charge in [0, 0.05) is 13.1 Å². The average Bonchev–Trinajstić information content (AvgIpc) is 2.79. The number of hydrogen-bond acceptors (Lipinski definition) is 4. The first kappa shape index (κ1) is 20.5. The summed E-state index contributed by atoms with van der Waals surface area (Å²) in [6, 6.07) is 20.0. The van der Waals surface area contributed by atoms with Gasteiger partial charge in [-0.15, -0.1) is 0 Å². The van der Waals surface area contributed by atoms with Crippen molar-refractivity contribution < 1.29 is 17.9 Å². The fraction of sp³-hybridized carbons (Fsp3) is 0.261. The monoisotopic (exact) mass is 424 g/mol. The number of carbonyl (C=O) groups excluding carboxylic acids is 1. The standard InChI is InChI=1S/C23H24N2O4S/c1-17(19-11-6-8-18-7-2-3-9-20(18)19)24-23(26)21-10-4-5-12-22(21)30(27,28)25-13-15-29-16-14-25/h2-12,17H,13-16H2,1H3,(H,24,26). The molecule has 1 amide bonds. The molecule has 0 bridgehead atoms. The number of carbonyl (C=O) groups is 1. The molecule has 0 radical (unpaired) electrons. The topological polar surface area (TPSA) is 75.7 Å². The Morgan fingerprint density at radius 3 is 2.43 bits per heavy atom. The van der Waals surface area contributed by atoms with Gasteiger partial charge in [-0.3, -0.25) is 4.79 Å². The zero-order chi connectivity index (χ0) is 21.1. The van der Waals surface area contributed by atoms with Gasteiger partial charge in [-0.2, -0.15) is 4.31 Å². The molecule has 1 saturated heterocycles. The molecule has 1 aliphatic heterocycles. The fourth-order valence-corrected chi connectivity index (χ4v) is 5.38. The lowest BCUT2D eigenvalue weighted by Gasteiger charge is -2.27. The molecule has 156 valence electrons. The van der Waals surface area contributed by atoms with Crippen LogP contribution in [0.3, 0.4) is 0 Å². The number of hydrogen-bond donors (Lipinski definition) is 1. The minimum atomic E-state index is -3.78. The minimum absolute atomic E-state index is 0.0227. The molecule has 6 nitrogen and oxygen atoms in total. The molecule has 4 rings (SSSR count). The zero-order valence-electron chi connectivity index (χ0n) is 16.7. The van der Waals surface area contributed by atoms with Gasteiger partial charge in [0.05, 0.1) is 29.7 Å². The van der Waals surface area contributed by atoms with Gasteiger partial charge in [0.15, 0.2) is 0 Å². The number of benzene rings is 3. The molecule has 1 fully saturated rings. The Hall–Kier alpha value is -2.74. The molecule has 0 aromatic heterocycles. The molecule has 0 saturated carbocycles. The second-order valence-electron chi connectivity index (χ2n) is 7.28. The van der Waals surface area contributed by atoms with Gasteiger partial charge < -0.3 is 10.1 Å². The van der Waals surface area contributed by atoms with Gasteiger partial charge in [0.25, 0.3) is 5.91 Å². The number of nitrogens with zero attached hydrogens (tertiary/aromatic N) is 1. The molecule has 1 aliphatic rings. The number of sulfonamides is 1. The summed E-state index contributed by atoms with van der Waals surface area (Å²) in [6.45, 7) is 3.17. The summed E-state index contributed by atoms with van der Waals surface area (Å²) in [5.74, 6) is -0.414. The van der Waals surface area contributed by atoms with Gasteiger partial charge >= 0.3 is 0 Å². The van der Waals surface area contributed by atoms with Crippen LogP contribution < -0.4 is 5.32 Å². The maximum Gasteiger partial charge on any atom is 0.253 e. The van der Waals surface area contributed by atoms with Crippen molar-refractivity contribution >= 4 is 26.7 Å². The summed E-state index contributed by atoms with van der Waals surface area (Å²) in [4.78, 5) is 13.1. The van der Waals surface area contributed by atoms with Crippen molar-refractivity contribution in [3.05, 3.63) is 77.9 Å². The van der Waals surface area contributed by atoms with Crippen molar-refractivity contribution in [2.24, 2.45) is 0 Å². The maximum atomic E-state index is 13.1. The van der Waals surface area contributed by atoms with Crippen LogP contribution in [-0.4, -0.2) is 44.9 Å². The van der Waals surface area contributed by atoms with Gasteiger partial charge in [-0.1, -0.05) is 54.6 Å². The first-order valence-corrected chi connectivity index (χ1v) is 11.4. The Balaban J connectivity index is 1.63. The smallest absolute Gasteiger partial charge is 0.253 e. The quantitative estimate of drug-likeness (QED) is 0.682. The van der Waals surface area contributed by atoms with E-state index in [1.807, 2.05) is 49.4 Å². The van der Waals surface area contributed by atoms with E-state index in [0.29, 0.717) is 13.2 Å². The summed E-state index contributed by atoms with van der Waals surface area (Å²) < 4.78 is 32.9. The lowest BCUT2D eigenvalue weighted by molar-refractivity contribution is 0.0729. The van der Waals surface area contributed by atoms with Gasteiger partial charge in [0.2, 0.25) is 10.0 Å². The van der Waals surface area contributed by atoms with E-state index >= 15 is 0 Å².